The molecule has 2 aromatic rings. The summed E-state index contributed by atoms with van der Waals surface area (Å²) in [7, 11) is 0. The smallest absolute Gasteiger partial charge is 0.348 e. The molecule has 1 amide bonds. The van der Waals surface area contributed by atoms with Crippen LogP contribution >= 0.6 is 11.3 Å². The summed E-state index contributed by atoms with van der Waals surface area (Å²) in [6.07, 6.45) is 2.04. The molecule has 1 aromatic carbocycles. The first-order valence-electron chi connectivity index (χ1n) is 9.69. The molecule has 2 saturated heterocycles. The van der Waals surface area contributed by atoms with Gasteiger partial charge in [-0.3, -0.25) is 4.79 Å². The zero-order valence-corrected chi connectivity index (χ0v) is 16.6. The van der Waals surface area contributed by atoms with Crippen LogP contribution in [0.15, 0.2) is 36.4 Å². The molecule has 0 aliphatic carbocycles. The third-order valence-corrected chi connectivity index (χ3v) is 6.26. The quantitative estimate of drug-likeness (QED) is 0.722. The van der Waals surface area contributed by atoms with Crippen LogP contribution in [-0.2, 0) is 14.3 Å². The van der Waals surface area contributed by atoms with Crippen molar-refractivity contribution in [3.8, 4) is 11.1 Å². The minimum absolute atomic E-state index is 0.112. The molecule has 0 spiro atoms. The lowest BCUT2D eigenvalue weighted by Crippen LogP contribution is -2.35. The molecule has 3 heterocycles. The van der Waals surface area contributed by atoms with E-state index in [0.717, 1.165) is 55.1 Å². The van der Waals surface area contributed by atoms with E-state index in [-0.39, 0.29) is 12.5 Å². The molecule has 2 aliphatic heterocycles. The van der Waals surface area contributed by atoms with Crippen molar-refractivity contribution in [2.45, 2.75) is 12.8 Å². The summed E-state index contributed by atoms with van der Waals surface area (Å²) in [6, 6.07) is 11.9. The number of rotatable bonds is 5. The molecule has 0 unspecified atom stereocenters. The minimum atomic E-state index is -0.436. The summed E-state index contributed by atoms with van der Waals surface area (Å²) < 4.78 is 10.8. The van der Waals surface area contributed by atoms with Crippen molar-refractivity contribution >= 4 is 28.2 Å². The zero-order chi connectivity index (χ0) is 19.3. The summed E-state index contributed by atoms with van der Waals surface area (Å²) in [4.78, 5) is 29.3. The van der Waals surface area contributed by atoms with Crippen molar-refractivity contribution in [2.24, 2.45) is 0 Å². The topological polar surface area (TPSA) is 59.1 Å². The predicted molar refractivity (Wildman–Crippen MR) is 109 cm³/mol. The van der Waals surface area contributed by atoms with Crippen LogP contribution in [0.4, 0.5) is 5.00 Å². The highest BCUT2D eigenvalue weighted by atomic mass is 32.1. The Bertz CT molecular complexity index is 824. The van der Waals surface area contributed by atoms with Gasteiger partial charge in [0, 0.05) is 31.7 Å². The molecule has 7 heteroatoms. The van der Waals surface area contributed by atoms with Crippen LogP contribution in [0.5, 0.6) is 0 Å². The summed E-state index contributed by atoms with van der Waals surface area (Å²) in [5.41, 5.74) is 2.08. The number of carbonyl (C=O) groups excluding carboxylic acids is 2. The molecule has 2 fully saturated rings. The average molecular weight is 401 g/mol. The number of morpholine rings is 1. The Morgan fingerprint density at radius 3 is 2.46 bits per heavy atom. The van der Waals surface area contributed by atoms with Crippen LogP contribution in [-0.4, -0.2) is 62.8 Å². The van der Waals surface area contributed by atoms with E-state index in [0.29, 0.717) is 18.1 Å². The number of carbonyl (C=O) groups is 2. The average Bonchev–Trinajstić information content (AvgIpc) is 3.43. The van der Waals surface area contributed by atoms with E-state index in [1.54, 1.807) is 4.90 Å². The fourth-order valence-corrected chi connectivity index (χ4v) is 4.69. The summed E-state index contributed by atoms with van der Waals surface area (Å²) in [5.74, 6) is -0.548. The van der Waals surface area contributed by atoms with Gasteiger partial charge in [0.05, 0.1) is 18.2 Å². The number of hydrogen-bond acceptors (Lipinski definition) is 6. The van der Waals surface area contributed by atoms with E-state index in [4.69, 9.17) is 9.47 Å². The van der Waals surface area contributed by atoms with Gasteiger partial charge >= 0.3 is 5.97 Å². The lowest BCUT2D eigenvalue weighted by molar-refractivity contribution is -0.133. The second-order valence-electron chi connectivity index (χ2n) is 6.96. The van der Waals surface area contributed by atoms with Crippen LogP contribution in [0.1, 0.15) is 22.5 Å². The SMILES string of the molecule is O=C(OCC(=O)N1CCCC1)c1cc(-c2ccccc2)c(N2CCOCC2)s1. The number of benzene rings is 1. The van der Waals surface area contributed by atoms with E-state index in [1.807, 2.05) is 36.4 Å². The van der Waals surface area contributed by atoms with Crippen molar-refractivity contribution < 1.29 is 19.1 Å². The van der Waals surface area contributed by atoms with Crippen molar-refractivity contribution in [1.29, 1.82) is 0 Å². The van der Waals surface area contributed by atoms with Crippen LogP contribution in [0, 0.1) is 0 Å². The highest BCUT2D eigenvalue weighted by Crippen LogP contribution is 2.39. The second-order valence-corrected chi connectivity index (χ2v) is 7.99. The normalized spacial score (nSPS) is 17.0. The Hall–Kier alpha value is -2.38. The Labute approximate surface area is 168 Å². The fraction of sp³-hybridized carbons (Fsp3) is 0.429. The summed E-state index contributed by atoms with van der Waals surface area (Å²) >= 11 is 1.42. The molecule has 0 atom stereocenters. The van der Waals surface area contributed by atoms with E-state index >= 15 is 0 Å². The molecule has 4 rings (SSSR count). The molecule has 0 radical (unpaired) electrons. The Kier molecular flexibility index (Phi) is 5.92. The number of nitrogens with zero attached hydrogens (tertiary/aromatic N) is 2. The first kappa shape index (κ1) is 19.0. The van der Waals surface area contributed by atoms with Gasteiger partial charge in [0.1, 0.15) is 4.88 Å². The summed E-state index contributed by atoms with van der Waals surface area (Å²) in [6.45, 7) is 4.27. The third-order valence-electron chi connectivity index (χ3n) is 5.08. The van der Waals surface area contributed by atoms with Gasteiger partial charge in [-0.15, -0.1) is 11.3 Å². The fourth-order valence-electron chi connectivity index (χ4n) is 3.56. The maximum atomic E-state index is 12.6. The lowest BCUT2D eigenvalue weighted by Gasteiger charge is -2.28. The minimum Gasteiger partial charge on any atom is -0.451 e. The molecule has 1 aromatic heterocycles. The maximum Gasteiger partial charge on any atom is 0.348 e. The number of thiophene rings is 1. The maximum absolute atomic E-state index is 12.6. The van der Waals surface area contributed by atoms with Crippen LogP contribution in [0.2, 0.25) is 0 Å². The largest absolute Gasteiger partial charge is 0.451 e. The van der Waals surface area contributed by atoms with Gasteiger partial charge in [-0.1, -0.05) is 30.3 Å². The molecule has 0 bridgehead atoms. The first-order chi connectivity index (χ1) is 13.7. The van der Waals surface area contributed by atoms with Gasteiger partial charge in [-0.05, 0) is 24.5 Å². The molecule has 6 nitrogen and oxygen atoms in total. The Morgan fingerprint density at radius 2 is 1.75 bits per heavy atom. The molecule has 0 N–H and O–H groups in total. The van der Waals surface area contributed by atoms with Gasteiger partial charge in [-0.25, -0.2) is 4.79 Å². The predicted octanol–water partition coefficient (Wildman–Crippen LogP) is 3.03. The first-order valence-corrected chi connectivity index (χ1v) is 10.5. The number of likely N-dealkylation sites (tertiary alicyclic amines) is 1. The third kappa shape index (κ3) is 4.20. The van der Waals surface area contributed by atoms with Gasteiger partial charge in [0.2, 0.25) is 0 Å². The molecular weight excluding hydrogens is 376 g/mol. The highest BCUT2D eigenvalue weighted by Gasteiger charge is 2.24. The molecular formula is C21H24N2O4S. The lowest BCUT2D eigenvalue weighted by atomic mass is 10.1. The van der Waals surface area contributed by atoms with Crippen molar-refractivity contribution in [3.63, 3.8) is 0 Å². The van der Waals surface area contributed by atoms with Gasteiger partial charge < -0.3 is 19.3 Å². The zero-order valence-electron chi connectivity index (χ0n) is 15.8. The van der Waals surface area contributed by atoms with E-state index in [2.05, 4.69) is 4.90 Å². The van der Waals surface area contributed by atoms with Gasteiger partial charge in [-0.2, -0.15) is 0 Å². The Balaban J connectivity index is 1.52. The van der Waals surface area contributed by atoms with Crippen molar-refractivity contribution in [2.75, 3.05) is 50.9 Å². The van der Waals surface area contributed by atoms with E-state index < -0.39 is 5.97 Å². The summed E-state index contributed by atoms with van der Waals surface area (Å²) in [5, 5.41) is 1.05. The van der Waals surface area contributed by atoms with E-state index in [9.17, 15) is 9.59 Å². The van der Waals surface area contributed by atoms with Crippen LogP contribution < -0.4 is 4.90 Å². The number of esters is 1. The van der Waals surface area contributed by atoms with Gasteiger partial charge in [0.25, 0.3) is 5.91 Å². The molecule has 0 saturated carbocycles. The number of ether oxygens (including phenoxy) is 2. The standard InChI is InChI=1S/C21H24N2O4S/c24-19(22-8-4-5-9-22)15-27-21(25)18-14-17(16-6-2-1-3-7-16)20(28-18)23-10-12-26-13-11-23/h1-3,6-7,14H,4-5,8-13,15H2. The number of hydrogen-bond donors (Lipinski definition) is 0. The Morgan fingerprint density at radius 1 is 1.04 bits per heavy atom. The molecule has 28 heavy (non-hydrogen) atoms. The van der Waals surface area contributed by atoms with E-state index in [1.165, 1.54) is 11.3 Å². The highest BCUT2D eigenvalue weighted by molar-refractivity contribution is 7.18. The van der Waals surface area contributed by atoms with Crippen LogP contribution in [0.3, 0.4) is 0 Å². The van der Waals surface area contributed by atoms with Gasteiger partial charge in [0.15, 0.2) is 6.61 Å². The molecule has 148 valence electrons. The van der Waals surface area contributed by atoms with Crippen molar-refractivity contribution in [1.82, 2.24) is 4.90 Å². The number of anilines is 1. The van der Waals surface area contributed by atoms with Crippen molar-refractivity contribution in [3.05, 3.63) is 41.3 Å². The number of amides is 1. The molecule has 2 aliphatic rings. The monoisotopic (exact) mass is 400 g/mol. The van der Waals surface area contributed by atoms with Crippen LogP contribution in [0.25, 0.3) is 11.1 Å². The second kappa shape index (κ2) is 8.75.